The molecule has 0 fully saturated rings. The van der Waals surface area contributed by atoms with Gasteiger partial charge in [-0.05, 0) is 30.9 Å². The second-order valence-electron chi connectivity index (χ2n) is 4.72. The molecule has 0 bridgehead atoms. The standard InChI is InChI=1S/C15H21N3S/c1-3-11(2)18-15(16)17-9-8-13-10-12-6-4-5-7-14(12)19-13/h4-7,10-11H,3,8-9H2,1-2H3,(H3,16,17,18). The summed E-state index contributed by atoms with van der Waals surface area (Å²) < 4.78 is 1.34. The van der Waals surface area contributed by atoms with Crippen molar-refractivity contribution < 1.29 is 0 Å². The van der Waals surface area contributed by atoms with Gasteiger partial charge in [-0.15, -0.1) is 11.3 Å². The Bertz CT molecular complexity index is 526. The highest BCUT2D eigenvalue weighted by Gasteiger charge is 2.01. The van der Waals surface area contributed by atoms with Gasteiger partial charge < -0.3 is 11.1 Å². The normalized spacial score (nSPS) is 13.7. The minimum Gasteiger partial charge on any atom is -0.370 e. The first-order chi connectivity index (χ1) is 9.19. The van der Waals surface area contributed by atoms with Crippen LogP contribution in [0.15, 0.2) is 35.3 Å². The molecule has 0 aliphatic heterocycles. The average molecular weight is 275 g/mol. The molecule has 1 unspecified atom stereocenters. The van der Waals surface area contributed by atoms with Gasteiger partial charge in [-0.25, -0.2) is 0 Å². The fraction of sp³-hybridized carbons (Fsp3) is 0.400. The number of hydrogen-bond donors (Lipinski definition) is 2. The van der Waals surface area contributed by atoms with Crippen LogP contribution in [0.4, 0.5) is 0 Å². The van der Waals surface area contributed by atoms with E-state index in [0.717, 1.165) is 19.4 Å². The lowest BCUT2D eigenvalue weighted by molar-refractivity contribution is 0.636. The Morgan fingerprint density at radius 1 is 1.42 bits per heavy atom. The van der Waals surface area contributed by atoms with Gasteiger partial charge in [0.25, 0.3) is 0 Å². The van der Waals surface area contributed by atoms with Crippen LogP contribution in [0.1, 0.15) is 25.1 Å². The van der Waals surface area contributed by atoms with Crippen LogP contribution >= 0.6 is 11.3 Å². The summed E-state index contributed by atoms with van der Waals surface area (Å²) in [7, 11) is 0. The molecular weight excluding hydrogens is 254 g/mol. The second-order valence-corrected chi connectivity index (χ2v) is 5.89. The maximum absolute atomic E-state index is 5.83. The Morgan fingerprint density at radius 2 is 2.21 bits per heavy atom. The third-order valence-electron chi connectivity index (χ3n) is 3.12. The molecule has 0 amide bonds. The van der Waals surface area contributed by atoms with Crippen molar-refractivity contribution in [1.82, 2.24) is 5.32 Å². The maximum Gasteiger partial charge on any atom is 0.188 e. The maximum atomic E-state index is 5.83. The third-order valence-corrected chi connectivity index (χ3v) is 4.30. The minimum atomic E-state index is 0.382. The van der Waals surface area contributed by atoms with Crippen LogP contribution < -0.4 is 11.1 Å². The zero-order valence-electron chi connectivity index (χ0n) is 11.5. The van der Waals surface area contributed by atoms with Crippen molar-refractivity contribution >= 4 is 27.4 Å². The highest BCUT2D eigenvalue weighted by molar-refractivity contribution is 7.19. The summed E-state index contributed by atoms with van der Waals surface area (Å²) in [5, 5.41) is 4.49. The van der Waals surface area contributed by atoms with Crippen LogP contribution in [0.3, 0.4) is 0 Å². The molecule has 0 saturated carbocycles. The van der Waals surface area contributed by atoms with E-state index >= 15 is 0 Å². The Hall–Kier alpha value is -1.55. The summed E-state index contributed by atoms with van der Waals surface area (Å²) in [6.07, 6.45) is 1.99. The smallest absolute Gasteiger partial charge is 0.188 e. The van der Waals surface area contributed by atoms with Gasteiger partial charge in [-0.1, -0.05) is 25.1 Å². The van der Waals surface area contributed by atoms with Gasteiger partial charge >= 0.3 is 0 Å². The Labute approximate surface area is 118 Å². The molecule has 1 atom stereocenters. The van der Waals surface area contributed by atoms with Crippen LogP contribution in [0.2, 0.25) is 0 Å². The number of guanidine groups is 1. The van der Waals surface area contributed by atoms with Crippen LogP contribution in [0.25, 0.3) is 10.1 Å². The molecule has 1 heterocycles. The number of nitrogens with zero attached hydrogens (tertiary/aromatic N) is 1. The monoisotopic (exact) mass is 275 g/mol. The molecule has 0 saturated heterocycles. The highest BCUT2D eigenvalue weighted by Crippen LogP contribution is 2.25. The predicted molar refractivity (Wildman–Crippen MR) is 84.9 cm³/mol. The molecule has 2 aromatic rings. The van der Waals surface area contributed by atoms with Crippen LogP contribution in [0.5, 0.6) is 0 Å². The lowest BCUT2D eigenvalue weighted by Gasteiger charge is -2.11. The molecule has 2 rings (SSSR count). The Morgan fingerprint density at radius 3 is 2.95 bits per heavy atom. The van der Waals surface area contributed by atoms with E-state index in [0.29, 0.717) is 12.0 Å². The van der Waals surface area contributed by atoms with Crippen molar-refractivity contribution in [2.45, 2.75) is 32.7 Å². The van der Waals surface area contributed by atoms with Gasteiger partial charge in [0.15, 0.2) is 5.96 Å². The van der Waals surface area contributed by atoms with Crippen LogP contribution in [-0.4, -0.2) is 18.5 Å². The van der Waals surface area contributed by atoms with E-state index in [-0.39, 0.29) is 0 Å². The number of aliphatic imine (C=N–C) groups is 1. The molecule has 0 radical (unpaired) electrons. The number of hydrogen-bond acceptors (Lipinski definition) is 2. The molecule has 3 N–H and O–H groups in total. The summed E-state index contributed by atoms with van der Waals surface area (Å²) in [6, 6.07) is 11.1. The quantitative estimate of drug-likeness (QED) is 0.650. The first kappa shape index (κ1) is 13.9. The zero-order valence-corrected chi connectivity index (χ0v) is 12.3. The van der Waals surface area contributed by atoms with Gasteiger partial charge in [0.05, 0.1) is 0 Å². The molecule has 3 nitrogen and oxygen atoms in total. The summed E-state index contributed by atoms with van der Waals surface area (Å²) in [5.74, 6) is 0.551. The summed E-state index contributed by atoms with van der Waals surface area (Å²) in [4.78, 5) is 5.73. The number of nitrogens with one attached hydrogen (secondary N) is 1. The van der Waals surface area contributed by atoms with Crippen molar-refractivity contribution in [2.24, 2.45) is 10.7 Å². The van der Waals surface area contributed by atoms with Crippen molar-refractivity contribution in [1.29, 1.82) is 0 Å². The van der Waals surface area contributed by atoms with E-state index in [1.807, 2.05) is 11.3 Å². The molecule has 0 aliphatic carbocycles. The minimum absolute atomic E-state index is 0.382. The van der Waals surface area contributed by atoms with E-state index < -0.39 is 0 Å². The fourth-order valence-electron chi connectivity index (χ4n) is 1.85. The number of rotatable bonds is 5. The lowest BCUT2D eigenvalue weighted by atomic mass is 10.2. The largest absolute Gasteiger partial charge is 0.370 e. The number of nitrogens with two attached hydrogens (primary N) is 1. The highest BCUT2D eigenvalue weighted by atomic mass is 32.1. The van der Waals surface area contributed by atoms with Gasteiger partial charge in [-0.2, -0.15) is 0 Å². The zero-order chi connectivity index (χ0) is 13.7. The van der Waals surface area contributed by atoms with Gasteiger partial charge in [0, 0.05) is 28.6 Å². The molecule has 1 aromatic heterocycles. The topological polar surface area (TPSA) is 50.4 Å². The first-order valence-electron chi connectivity index (χ1n) is 6.73. The van der Waals surface area contributed by atoms with Crippen LogP contribution in [0, 0.1) is 0 Å². The van der Waals surface area contributed by atoms with Crippen molar-refractivity contribution in [3.8, 4) is 0 Å². The Balaban J connectivity index is 1.90. The van der Waals surface area contributed by atoms with Gasteiger partial charge in [-0.3, -0.25) is 4.99 Å². The number of fused-ring (bicyclic) bond motifs is 1. The van der Waals surface area contributed by atoms with E-state index in [4.69, 9.17) is 5.73 Å². The lowest BCUT2D eigenvalue weighted by Crippen LogP contribution is -2.38. The SMILES string of the molecule is CCC(C)NC(N)=NCCc1cc2ccccc2s1. The second kappa shape index (κ2) is 6.57. The molecule has 102 valence electrons. The van der Waals surface area contributed by atoms with Gasteiger partial charge in [0.2, 0.25) is 0 Å². The number of thiophene rings is 1. The summed E-state index contributed by atoms with van der Waals surface area (Å²) in [5.41, 5.74) is 5.83. The summed E-state index contributed by atoms with van der Waals surface area (Å²) in [6.45, 7) is 4.97. The van der Waals surface area contributed by atoms with Gasteiger partial charge in [0.1, 0.15) is 0 Å². The molecule has 4 heteroatoms. The first-order valence-corrected chi connectivity index (χ1v) is 7.54. The molecular formula is C15H21N3S. The summed E-state index contributed by atoms with van der Waals surface area (Å²) >= 11 is 1.84. The van der Waals surface area contributed by atoms with Crippen molar-refractivity contribution in [3.05, 3.63) is 35.2 Å². The third kappa shape index (κ3) is 3.96. The van der Waals surface area contributed by atoms with E-state index in [1.54, 1.807) is 0 Å². The van der Waals surface area contributed by atoms with Crippen molar-refractivity contribution in [2.75, 3.05) is 6.54 Å². The molecule has 1 aromatic carbocycles. The van der Waals surface area contributed by atoms with E-state index in [2.05, 4.69) is 54.5 Å². The Kier molecular flexibility index (Phi) is 4.80. The molecule has 0 spiro atoms. The predicted octanol–water partition coefficient (Wildman–Crippen LogP) is 3.15. The van der Waals surface area contributed by atoms with Crippen molar-refractivity contribution in [3.63, 3.8) is 0 Å². The average Bonchev–Trinajstić information content (AvgIpc) is 2.81. The molecule has 0 aliphatic rings. The van der Waals surface area contributed by atoms with Crippen LogP contribution in [-0.2, 0) is 6.42 Å². The van der Waals surface area contributed by atoms with E-state index in [1.165, 1.54) is 15.0 Å². The molecule has 19 heavy (non-hydrogen) atoms. The fourth-order valence-corrected chi connectivity index (χ4v) is 2.90. The number of benzene rings is 1. The van der Waals surface area contributed by atoms with E-state index in [9.17, 15) is 0 Å².